The summed E-state index contributed by atoms with van der Waals surface area (Å²) in [5.41, 5.74) is -0.166. The van der Waals surface area contributed by atoms with Gasteiger partial charge in [0.1, 0.15) is 0 Å². The molecular weight excluding hydrogens is 242 g/mol. The molecule has 98 valence electrons. The summed E-state index contributed by atoms with van der Waals surface area (Å²) in [6.45, 7) is 2.21. The highest BCUT2D eigenvalue weighted by Gasteiger charge is 2.44. The van der Waals surface area contributed by atoms with Crippen LogP contribution in [0.1, 0.15) is 25.7 Å². The molecule has 1 spiro atoms. The maximum atomic E-state index is 11.8. The molecule has 2 fully saturated rings. The number of methoxy groups -OCH3 is 1. The van der Waals surface area contributed by atoms with E-state index in [0.29, 0.717) is 18.8 Å². The fourth-order valence-corrected chi connectivity index (χ4v) is 2.93. The van der Waals surface area contributed by atoms with Crippen LogP contribution in [0.5, 0.6) is 0 Å². The van der Waals surface area contributed by atoms with E-state index in [1.54, 1.807) is 7.11 Å². The van der Waals surface area contributed by atoms with Crippen LogP contribution in [0.4, 0.5) is 0 Å². The van der Waals surface area contributed by atoms with Gasteiger partial charge in [-0.25, -0.2) is 0 Å². The first-order valence-electron chi connectivity index (χ1n) is 6.19. The van der Waals surface area contributed by atoms with Gasteiger partial charge in [-0.1, -0.05) is 0 Å². The maximum Gasteiger partial charge on any atom is 0.223 e. The van der Waals surface area contributed by atoms with Crippen molar-refractivity contribution in [2.45, 2.75) is 37.4 Å². The number of amides is 1. The molecule has 17 heavy (non-hydrogen) atoms. The molecule has 0 saturated carbocycles. The Hall–Kier alpha value is -0.320. The van der Waals surface area contributed by atoms with E-state index >= 15 is 0 Å². The fourth-order valence-electron chi connectivity index (χ4n) is 2.76. The molecule has 2 atom stereocenters. The molecule has 0 aromatic heterocycles. The van der Waals surface area contributed by atoms with Crippen molar-refractivity contribution in [1.82, 2.24) is 4.90 Å². The van der Waals surface area contributed by atoms with Crippen LogP contribution in [-0.2, 0) is 14.3 Å². The van der Waals surface area contributed by atoms with Gasteiger partial charge in [-0.3, -0.25) is 4.79 Å². The van der Waals surface area contributed by atoms with Crippen LogP contribution in [-0.4, -0.2) is 55.2 Å². The van der Waals surface area contributed by atoms with E-state index in [0.717, 1.165) is 32.4 Å². The molecule has 5 heteroatoms. The Morgan fingerprint density at radius 3 is 3.18 bits per heavy atom. The second-order valence-corrected chi connectivity index (χ2v) is 5.26. The molecule has 2 rings (SSSR count). The molecule has 0 unspecified atom stereocenters. The van der Waals surface area contributed by atoms with E-state index in [4.69, 9.17) is 21.1 Å². The van der Waals surface area contributed by atoms with Gasteiger partial charge in [0.05, 0.1) is 11.7 Å². The lowest BCUT2D eigenvalue weighted by Gasteiger charge is -2.37. The minimum atomic E-state index is -0.166. The highest BCUT2D eigenvalue weighted by Crippen LogP contribution is 2.35. The Balaban J connectivity index is 1.93. The van der Waals surface area contributed by atoms with Gasteiger partial charge < -0.3 is 14.4 Å². The van der Waals surface area contributed by atoms with Crippen LogP contribution in [0.3, 0.4) is 0 Å². The molecule has 0 aliphatic carbocycles. The molecule has 0 radical (unpaired) electrons. The average molecular weight is 262 g/mol. The normalized spacial score (nSPS) is 33.3. The van der Waals surface area contributed by atoms with E-state index in [1.807, 2.05) is 4.90 Å². The Labute approximate surface area is 107 Å². The van der Waals surface area contributed by atoms with E-state index < -0.39 is 0 Å². The molecular formula is C12H20ClNO3. The summed E-state index contributed by atoms with van der Waals surface area (Å²) in [4.78, 5) is 13.7. The number of likely N-dealkylation sites (tertiary alicyclic amines) is 1. The van der Waals surface area contributed by atoms with Gasteiger partial charge in [-0.2, -0.15) is 0 Å². The van der Waals surface area contributed by atoms with Crippen molar-refractivity contribution in [3.8, 4) is 0 Å². The zero-order valence-corrected chi connectivity index (χ0v) is 11.0. The zero-order valence-electron chi connectivity index (χ0n) is 10.3. The average Bonchev–Trinajstić information content (AvgIpc) is 2.73. The second kappa shape index (κ2) is 5.55. The molecule has 2 aliphatic rings. The van der Waals surface area contributed by atoms with Gasteiger partial charge >= 0.3 is 0 Å². The van der Waals surface area contributed by atoms with Crippen LogP contribution in [0, 0.1) is 0 Å². The monoisotopic (exact) mass is 261 g/mol. The smallest absolute Gasteiger partial charge is 0.223 e. The van der Waals surface area contributed by atoms with E-state index in [9.17, 15) is 4.79 Å². The number of ether oxygens (including phenoxy) is 2. The van der Waals surface area contributed by atoms with Crippen molar-refractivity contribution in [2.24, 2.45) is 0 Å². The highest BCUT2D eigenvalue weighted by molar-refractivity contribution is 6.18. The van der Waals surface area contributed by atoms with Crippen molar-refractivity contribution >= 4 is 17.5 Å². The second-order valence-electron chi connectivity index (χ2n) is 4.89. The summed E-state index contributed by atoms with van der Waals surface area (Å²) in [5, 5.41) is 0. The molecule has 0 bridgehead atoms. The van der Waals surface area contributed by atoms with Crippen LogP contribution < -0.4 is 0 Å². The van der Waals surface area contributed by atoms with Crippen LogP contribution in [0.15, 0.2) is 0 Å². The van der Waals surface area contributed by atoms with E-state index in [1.165, 1.54) is 0 Å². The number of halogens is 1. The van der Waals surface area contributed by atoms with Crippen LogP contribution in [0.2, 0.25) is 0 Å². The van der Waals surface area contributed by atoms with Gasteiger partial charge in [0, 0.05) is 45.5 Å². The first-order valence-corrected chi connectivity index (χ1v) is 6.73. The zero-order chi connectivity index (χ0) is 12.3. The first-order chi connectivity index (χ1) is 8.19. The first kappa shape index (κ1) is 13.1. The number of carbonyl (C=O) groups excluding carboxylic acids is 1. The van der Waals surface area contributed by atoms with E-state index in [2.05, 4.69) is 0 Å². The summed E-state index contributed by atoms with van der Waals surface area (Å²) < 4.78 is 11.3. The Kier molecular flexibility index (Phi) is 4.28. The largest absolute Gasteiger partial charge is 0.381 e. The lowest BCUT2D eigenvalue weighted by atomic mass is 9.91. The SMILES string of the molecule is CO[C@H]1CCO[C@]2(CCN(C(=O)CCCl)C2)C1. The number of nitrogens with zero attached hydrogens (tertiary/aromatic N) is 1. The molecule has 2 saturated heterocycles. The number of hydrogen-bond donors (Lipinski definition) is 0. The van der Waals surface area contributed by atoms with Crippen molar-refractivity contribution in [3.05, 3.63) is 0 Å². The molecule has 2 aliphatic heterocycles. The van der Waals surface area contributed by atoms with Crippen LogP contribution in [0.25, 0.3) is 0 Å². The van der Waals surface area contributed by atoms with Gasteiger partial charge in [0.2, 0.25) is 5.91 Å². The summed E-state index contributed by atoms with van der Waals surface area (Å²) in [7, 11) is 1.75. The predicted molar refractivity (Wildman–Crippen MR) is 65.2 cm³/mol. The number of rotatable bonds is 3. The number of carbonyl (C=O) groups is 1. The van der Waals surface area contributed by atoms with Crippen molar-refractivity contribution in [3.63, 3.8) is 0 Å². The number of hydrogen-bond acceptors (Lipinski definition) is 3. The van der Waals surface area contributed by atoms with Crippen molar-refractivity contribution in [1.29, 1.82) is 0 Å². The lowest BCUT2D eigenvalue weighted by Crippen LogP contribution is -2.45. The summed E-state index contributed by atoms with van der Waals surface area (Å²) >= 11 is 5.60. The number of alkyl halides is 1. The van der Waals surface area contributed by atoms with Crippen molar-refractivity contribution < 1.29 is 14.3 Å². The highest BCUT2D eigenvalue weighted by atomic mass is 35.5. The minimum Gasteiger partial charge on any atom is -0.381 e. The standard InChI is InChI=1S/C12H20ClNO3/c1-16-10-3-7-17-12(8-10)4-6-14(9-12)11(15)2-5-13/h10H,2-9H2,1H3/t10-,12+/m0/s1. The Morgan fingerprint density at radius 1 is 1.65 bits per heavy atom. The van der Waals surface area contributed by atoms with Crippen LogP contribution >= 0.6 is 11.6 Å². The third kappa shape index (κ3) is 2.92. The van der Waals surface area contributed by atoms with Gasteiger partial charge in [0.15, 0.2) is 0 Å². The van der Waals surface area contributed by atoms with Gasteiger partial charge in [-0.15, -0.1) is 11.6 Å². The quantitative estimate of drug-likeness (QED) is 0.721. The van der Waals surface area contributed by atoms with E-state index in [-0.39, 0.29) is 17.6 Å². The Bertz CT molecular complexity index is 287. The summed E-state index contributed by atoms with van der Waals surface area (Å²) in [5.74, 6) is 0.532. The van der Waals surface area contributed by atoms with Crippen molar-refractivity contribution in [2.75, 3.05) is 32.7 Å². The lowest BCUT2D eigenvalue weighted by molar-refractivity contribution is -0.137. The topological polar surface area (TPSA) is 38.8 Å². The third-order valence-electron chi connectivity index (χ3n) is 3.76. The maximum absolute atomic E-state index is 11.8. The molecule has 4 nitrogen and oxygen atoms in total. The third-order valence-corrected chi connectivity index (χ3v) is 3.95. The van der Waals surface area contributed by atoms with Gasteiger partial charge in [-0.05, 0) is 12.8 Å². The summed E-state index contributed by atoms with van der Waals surface area (Å²) in [6.07, 6.45) is 3.46. The fraction of sp³-hybridized carbons (Fsp3) is 0.917. The molecule has 0 N–H and O–H groups in total. The molecule has 1 amide bonds. The predicted octanol–water partition coefficient (Wildman–Crippen LogP) is 1.41. The van der Waals surface area contributed by atoms with Gasteiger partial charge in [0.25, 0.3) is 0 Å². The molecule has 2 heterocycles. The summed E-state index contributed by atoms with van der Waals surface area (Å²) in [6, 6.07) is 0. The Morgan fingerprint density at radius 2 is 2.47 bits per heavy atom. The molecule has 0 aromatic carbocycles. The minimum absolute atomic E-state index is 0.139. The molecule has 0 aromatic rings.